The van der Waals surface area contributed by atoms with E-state index in [0.29, 0.717) is 18.5 Å². The van der Waals surface area contributed by atoms with Crippen molar-refractivity contribution in [3.63, 3.8) is 0 Å². The maximum atomic E-state index is 12.0. The van der Waals surface area contributed by atoms with Gasteiger partial charge in [0.2, 0.25) is 5.91 Å². The smallest absolute Gasteiger partial charge is 0.238 e. The van der Waals surface area contributed by atoms with Gasteiger partial charge in [0.05, 0.1) is 13.7 Å². The van der Waals surface area contributed by atoms with E-state index in [0.717, 1.165) is 17.4 Å². The second kappa shape index (κ2) is 7.46. The average Bonchev–Trinajstić information content (AvgIpc) is 2.86. The Labute approximate surface area is 127 Å². The summed E-state index contributed by atoms with van der Waals surface area (Å²) >= 11 is 0. The van der Waals surface area contributed by atoms with Gasteiger partial charge < -0.3 is 15.4 Å². The van der Waals surface area contributed by atoms with E-state index < -0.39 is 0 Å². The number of rotatable bonds is 6. The second-order valence-electron chi connectivity index (χ2n) is 5.87. The first-order valence-electron chi connectivity index (χ1n) is 7.81. The van der Waals surface area contributed by atoms with E-state index in [4.69, 9.17) is 4.74 Å². The summed E-state index contributed by atoms with van der Waals surface area (Å²) in [5, 5.41) is 6.30. The number of hydrogen-bond acceptors (Lipinski definition) is 3. The molecule has 0 heterocycles. The van der Waals surface area contributed by atoms with E-state index in [1.807, 2.05) is 24.3 Å². The third-order valence-electron chi connectivity index (χ3n) is 4.65. The van der Waals surface area contributed by atoms with Gasteiger partial charge in [-0.3, -0.25) is 4.79 Å². The fourth-order valence-corrected chi connectivity index (χ4v) is 3.22. The van der Waals surface area contributed by atoms with Gasteiger partial charge >= 0.3 is 0 Å². The molecule has 1 fully saturated rings. The topological polar surface area (TPSA) is 50.4 Å². The summed E-state index contributed by atoms with van der Waals surface area (Å²) in [6, 6.07) is 7.85. The zero-order chi connectivity index (χ0) is 15.2. The number of anilines is 1. The molecule has 3 atom stereocenters. The lowest BCUT2D eigenvalue weighted by molar-refractivity contribution is -0.115. The van der Waals surface area contributed by atoms with Gasteiger partial charge in [0, 0.05) is 11.7 Å². The zero-order valence-corrected chi connectivity index (χ0v) is 13.2. The molecule has 0 spiro atoms. The van der Waals surface area contributed by atoms with Crippen molar-refractivity contribution in [2.24, 2.45) is 11.8 Å². The standard InChI is InChI=1S/C17H26N2O2/c1-4-13-5-10-16(12(13)2)18-11-17(20)19-14-6-8-15(21-3)9-7-14/h6-9,12-13,16,18H,4-5,10-11H2,1-3H3,(H,19,20). The average molecular weight is 290 g/mol. The van der Waals surface area contributed by atoms with Crippen LogP contribution in [0, 0.1) is 11.8 Å². The summed E-state index contributed by atoms with van der Waals surface area (Å²) in [4.78, 5) is 12.0. The summed E-state index contributed by atoms with van der Waals surface area (Å²) < 4.78 is 5.10. The van der Waals surface area contributed by atoms with Crippen LogP contribution < -0.4 is 15.4 Å². The summed E-state index contributed by atoms with van der Waals surface area (Å²) in [6.45, 7) is 4.91. The molecule has 0 aliphatic heterocycles. The molecule has 0 bridgehead atoms. The minimum Gasteiger partial charge on any atom is -0.497 e. The van der Waals surface area contributed by atoms with Crippen LogP contribution in [-0.2, 0) is 4.79 Å². The lowest BCUT2D eigenvalue weighted by atomic mass is 9.93. The van der Waals surface area contributed by atoms with E-state index in [2.05, 4.69) is 24.5 Å². The molecule has 1 aromatic rings. The third kappa shape index (κ3) is 4.21. The Hall–Kier alpha value is -1.55. The molecule has 0 aromatic heterocycles. The molecular formula is C17H26N2O2. The minimum atomic E-state index is 0.00677. The maximum Gasteiger partial charge on any atom is 0.238 e. The normalized spacial score (nSPS) is 24.8. The van der Waals surface area contributed by atoms with Crippen LogP contribution in [0.2, 0.25) is 0 Å². The van der Waals surface area contributed by atoms with Gasteiger partial charge in [-0.2, -0.15) is 0 Å². The maximum absolute atomic E-state index is 12.0. The molecule has 2 rings (SSSR count). The van der Waals surface area contributed by atoms with Crippen LogP contribution in [0.25, 0.3) is 0 Å². The van der Waals surface area contributed by atoms with Crippen molar-refractivity contribution < 1.29 is 9.53 Å². The quantitative estimate of drug-likeness (QED) is 0.846. The number of benzene rings is 1. The van der Waals surface area contributed by atoms with Crippen molar-refractivity contribution in [1.29, 1.82) is 0 Å². The minimum absolute atomic E-state index is 0.00677. The van der Waals surface area contributed by atoms with E-state index in [9.17, 15) is 4.79 Å². The first-order chi connectivity index (χ1) is 10.1. The summed E-state index contributed by atoms with van der Waals surface area (Å²) in [5.41, 5.74) is 0.800. The Balaban J connectivity index is 1.77. The predicted octanol–water partition coefficient (Wildman–Crippen LogP) is 3.05. The van der Waals surface area contributed by atoms with E-state index in [-0.39, 0.29) is 5.91 Å². The Morgan fingerprint density at radius 3 is 2.57 bits per heavy atom. The molecular weight excluding hydrogens is 264 g/mol. The highest BCUT2D eigenvalue weighted by molar-refractivity contribution is 5.92. The van der Waals surface area contributed by atoms with Crippen molar-refractivity contribution in [1.82, 2.24) is 5.32 Å². The first-order valence-corrected chi connectivity index (χ1v) is 7.81. The molecule has 0 saturated heterocycles. The largest absolute Gasteiger partial charge is 0.497 e. The SMILES string of the molecule is CCC1CCC(NCC(=O)Nc2ccc(OC)cc2)C1C. The molecule has 3 unspecified atom stereocenters. The highest BCUT2D eigenvalue weighted by Gasteiger charge is 2.31. The second-order valence-corrected chi connectivity index (χ2v) is 5.87. The highest BCUT2D eigenvalue weighted by Crippen LogP contribution is 2.33. The Kier molecular flexibility index (Phi) is 5.62. The summed E-state index contributed by atoms with van der Waals surface area (Å²) in [7, 11) is 1.63. The van der Waals surface area contributed by atoms with Gasteiger partial charge in [-0.25, -0.2) is 0 Å². The Morgan fingerprint density at radius 2 is 2.00 bits per heavy atom. The summed E-state index contributed by atoms with van der Waals surface area (Å²) in [5.74, 6) is 2.25. The number of amides is 1. The lowest BCUT2D eigenvalue weighted by Crippen LogP contribution is -2.38. The Morgan fingerprint density at radius 1 is 1.29 bits per heavy atom. The molecule has 1 saturated carbocycles. The number of methoxy groups -OCH3 is 1. The number of carbonyl (C=O) groups is 1. The molecule has 4 nitrogen and oxygen atoms in total. The molecule has 1 aliphatic carbocycles. The van der Waals surface area contributed by atoms with Crippen LogP contribution in [0.5, 0.6) is 5.75 Å². The van der Waals surface area contributed by atoms with Gasteiger partial charge in [0.1, 0.15) is 5.75 Å². The molecule has 1 aromatic carbocycles. The Bertz CT molecular complexity index is 458. The van der Waals surface area contributed by atoms with Gasteiger partial charge in [-0.05, 0) is 48.9 Å². The zero-order valence-electron chi connectivity index (χ0n) is 13.2. The molecule has 1 amide bonds. The van der Waals surface area contributed by atoms with Crippen LogP contribution in [0.1, 0.15) is 33.1 Å². The molecule has 0 radical (unpaired) electrons. The third-order valence-corrected chi connectivity index (χ3v) is 4.65. The first kappa shape index (κ1) is 15.8. The van der Waals surface area contributed by atoms with E-state index >= 15 is 0 Å². The highest BCUT2D eigenvalue weighted by atomic mass is 16.5. The van der Waals surface area contributed by atoms with Crippen LogP contribution in [0.4, 0.5) is 5.69 Å². The van der Waals surface area contributed by atoms with Crippen LogP contribution in [-0.4, -0.2) is 25.6 Å². The predicted molar refractivity (Wildman–Crippen MR) is 85.6 cm³/mol. The molecule has 116 valence electrons. The molecule has 1 aliphatic rings. The number of nitrogens with one attached hydrogen (secondary N) is 2. The van der Waals surface area contributed by atoms with E-state index in [1.54, 1.807) is 7.11 Å². The van der Waals surface area contributed by atoms with Crippen molar-refractivity contribution in [2.45, 2.75) is 39.2 Å². The number of carbonyl (C=O) groups excluding carboxylic acids is 1. The van der Waals surface area contributed by atoms with Gasteiger partial charge in [-0.15, -0.1) is 0 Å². The van der Waals surface area contributed by atoms with Crippen LogP contribution in [0.15, 0.2) is 24.3 Å². The fourth-order valence-electron chi connectivity index (χ4n) is 3.22. The molecule has 21 heavy (non-hydrogen) atoms. The number of hydrogen-bond donors (Lipinski definition) is 2. The van der Waals surface area contributed by atoms with Crippen LogP contribution in [0.3, 0.4) is 0 Å². The molecule has 4 heteroatoms. The van der Waals surface area contributed by atoms with Crippen LogP contribution >= 0.6 is 0 Å². The van der Waals surface area contributed by atoms with Gasteiger partial charge in [0.25, 0.3) is 0 Å². The lowest BCUT2D eigenvalue weighted by Gasteiger charge is -2.20. The van der Waals surface area contributed by atoms with E-state index in [1.165, 1.54) is 19.3 Å². The fraction of sp³-hybridized carbons (Fsp3) is 0.588. The van der Waals surface area contributed by atoms with Crippen molar-refractivity contribution in [2.75, 3.05) is 19.0 Å². The summed E-state index contributed by atoms with van der Waals surface area (Å²) in [6.07, 6.45) is 3.68. The van der Waals surface area contributed by atoms with Crippen molar-refractivity contribution >= 4 is 11.6 Å². The number of ether oxygens (including phenoxy) is 1. The molecule has 2 N–H and O–H groups in total. The monoisotopic (exact) mass is 290 g/mol. The van der Waals surface area contributed by atoms with Gasteiger partial charge in [-0.1, -0.05) is 20.3 Å². The van der Waals surface area contributed by atoms with Gasteiger partial charge in [0.15, 0.2) is 0 Å². The van der Waals surface area contributed by atoms with Crippen molar-refractivity contribution in [3.05, 3.63) is 24.3 Å². The van der Waals surface area contributed by atoms with Crippen molar-refractivity contribution in [3.8, 4) is 5.75 Å².